The summed E-state index contributed by atoms with van der Waals surface area (Å²) in [4.78, 5) is 13.0. The zero-order valence-electron chi connectivity index (χ0n) is 14.3. The Balaban J connectivity index is 1.78. The van der Waals surface area contributed by atoms with Gasteiger partial charge >= 0.3 is 0 Å². The summed E-state index contributed by atoms with van der Waals surface area (Å²) in [5.41, 5.74) is 1.03. The molecule has 0 radical (unpaired) electrons. The number of hydrogen-bond donors (Lipinski definition) is 1. The van der Waals surface area contributed by atoms with E-state index in [4.69, 9.17) is 0 Å². The summed E-state index contributed by atoms with van der Waals surface area (Å²) in [6.07, 6.45) is 7.33. The molecular formula is C20H30O2. The molecule has 4 saturated carbocycles. The predicted molar refractivity (Wildman–Crippen MR) is 87.3 cm³/mol. The minimum atomic E-state index is -0.190. The Morgan fingerprint density at radius 2 is 1.77 bits per heavy atom. The maximum absolute atomic E-state index is 13.0. The molecule has 4 fully saturated rings. The van der Waals surface area contributed by atoms with Crippen LogP contribution in [0.3, 0.4) is 0 Å². The Labute approximate surface area is 134 Å². The van der Waals surface area contributed by atoms with Gasteiger partial charge in [-0.2, -0.15) is 0 Å². The third-order valence-corrected chi connectivity index (χ3v) is 8.50. The van der Waals surface area contributed by atoms with Crippen LogP contribution in [-0.2, 0) is 4.79 Å². The van der Waals surface area contributed by atoms with Gasteiger partial charge in [0.2, 0.25) is 0 Å². The van der Waals surface area contributed by atoms with E-state index in [2.05, 4.69) is 27.4 Å². The van der Waals surface area contributed by atoms with Crippen molar-refractivity contribution in [2.24, 2.45) is 34.0 Å². The molecular weight excluding hydrogens is 272 g/mol. The molecule has 22 heavy (non-hydrogen) atoms. The highest BCUT2D eigenvalue weighted by Gasteiger charge is 2.67. The number of ketones is 1. The second-order valence-electron chi connectivity index (χ2n) is 9.51. The van der Waals surface area contributed by atoms with Gasteiger partial charge in [0.25, 0.3) is 0 Å². The lowest BCUT2D eigenvalue weighted by Crippen LogP contribution is -2.60. The van der Waals surface area contributed by atoms with Gasteiger partial charge in [-0.15, -0.1) is 0 Å². The van der Waals surface area contributed by atoms with E-state index in [1.165, 1.54) is 6.42 Å². The normalized spacial score (nSPS) is 53.1. The van der Waals surface area contributed by atoms with E-state index in [0.29, 0.717) is 23.5 Å². The van der Waals surface area contributed by atoms with Crippen molar-refractivity contribution in [2.45, 2.75) is 71.8 Å². The summed E-state index contributed by atoms with van der Waals surface area (Å²) in [6, 6.07) is 0. The lowest BCUT2D eigenvalue weighted by atomic mass is 9.40. The molecule has 4 aliphatic rings. The van der Waals surface area contributed by atoms with Gasteiger partial charge < -0.3 is 5.11 Å². The number of aliphatic hydroxyl groups is 1. The van der Waals surface area contributed by atoms with Gasteiger partial charge in [-0.3, -0.25) is 4.79 Å². The molecule has 0 aliphatic heterocycles. The zero-order chi connectivity index (χ0) is 15.9. The standard InChI is InChI=1S/C20H30O2/c1-12-13-5-6-15-19(4)9-8-16(21)18(2,3)14(19)7-10-20(15,11-13)17(12)22/h13-16,21H,1,5-11H2,2-4H3/t13-,14-,15-,16+,19-,20-/m1/s1. The largest absolute Gasteiger partial charge is 0.393 e. The highest BCUT2D eigenvalue weighted by molar-refractivity contribution is 6.03. The third kappa shape index (κ3) is 1.53. The van der Waals surface area contributed by atoms with Gasteiger partial charge in [0.1, 0.15) is 0 Å². The quantitative estimate of drug-likeness (QED) is 0.683. The first-order valence-corrected chi connectivity index (χ1v) is 9.15. The van der Waals surface area contributed by atoms with E-state index in [1.807, 2.05) is 0 Å². The molecule has 2 nitrogen and oxygen atoms in total. The molecule has 0 aromatic rings. The average molecular weight is 302 g/mol. The molecule has 1 N–H and O–H groups in total. The molecule has 0 aromatic heterocycles. The molecule has 4 aliphatic carbocycles. The van der Waals surface area contributed by atoms with E-state index >= 15 is 0 Å². The van der Waals surface area contributed by atoms with E-state index in [0.717, 1.165) is 44.1 Å². The van der Waals surface area contributed by atoms with Crippen molar-refractivity contribution in [3.63, 3.8) is 0 Å². The van der Waals surface area contributed by atoms with Gasteiger partial charge in [-0.05, 0) is 79.1 Å². The van der Waals surface area contributed by atoms with Crippen LogP contribution in [0.15, 0.2) is 12.2 Å². The number of hydrogen-bond acceptors (Lipinski definition) is 2. The number of carbonyl (C=O) groups is 1. The number of fused-ring (bicyclic) bond motifs is 3. The van der Waals surface area contributed by atoms with Crippen LogP contribution in [0.25, 0.3) is 0 Å². The van der Waals surface area contributed by atoms with Crippen molar-refractivity contribution in [3.8, 4) is 0 Å². The molecule has 122 valence electrons. The first-order chi connectivity index (χ1) is 10.2. The summed E-state index contributed by atoms with van der Waals surface area (Å²) >= 11 is 0. The van der Waals surface area contributed by atoms with Crippen molar-refractivity contribution >= 4 is 5.78 Å². The second kappa shape index (κ2) is 4.26. The number of aliphatic hydroxyl groups excluding tert-OH is 1. The Morgan fingerprint density at radius 1 is 1.05 bits per heavy atom. The first-order valence-electron chi connectivity index (χ1n) is 9.15. The van der Waals surface area contributed by atoms with E-state index in [9.17, 15) is 9.90 Å². The lowest BCUT2D eigenvalue weighted by molar-refractivity contribution is -0.183. The molecule has 0 amide bonds. The fraction of sp³-hybridized carbons (Fsp3) is 0.850. The van der Waals surface area contributed by atoms with Crippen LogP contribution >= 0.6 is 0 Å². The maximum Gasteiger partial charge on any atom is 0.165 e. The van der Waals surface area contributed by atoms with E-state index in [1.54, 1.807) is 0 Å². The van der Waals surface area contributed by atoms with Gasteiger partial charge in [0.05, 0.1) is 6.10 Å². The highest BCUT2D eigenvalue weighted by atomic mass is 16.3. The van der Waals surface area contributed by atoms with Gasteiger partial charge in [-0.1, -0.05) is 27.4 Å². The SMILES string of the molecule is C=C1C(=O)[C@@]23CC[C@@H]4C(C)(C)[C@@H](O)CC[C@@]4(C)[C@H]2CC[C@@H]1C3. The van der Waals surface area contributed by atoms with E-state index < -0.39 is 0 Å². The minimum Gasteiger partial charge on any atom is -0.393 e. The minimum absolute atomic E-state index is 0.0237. The predicted octanol–water partition coefficient (Wildman–Crippen LogP) is 4.13. The monoisotopic (exact) mass is 302 g/mol. The van der Waals surface area contributed by atoms with Crippen LogP contribution in [0.2, 0.25) is 0 Å². The van der Waals surface area contributed by atoms with Crippen LogP contribution < -0.4 is 0 Å². The summed E-state index contributed by atoms with van der Waals surface area (Å²) in [5, 5.41) is 10.5. The van der Waals surface area contributed by atoms with Crippen LogP contribution in [0.5, 0.6) is 0 Å². The van der Waals surface area contributed by atoms with Crippen molar-refractivity contribution in [3.05, 3.63) is 12.2 Å². The Hall–Kier alpha value is -0.630. The Morgan fingerprint density at radius 3 is 2.50 bits per heavy atom. The molecule has 0 unspecified atom stereocenters. The number of rotatable bonds is 0. The van der Waals surface area contributed by atoms with Crippen LogP contribution in [0.1, 0.15) is 65.7 Å². The molecule has 0 aromatic carbocycles. The van der Waals surface area contributed by atoms with Crippen LogP contribution in [-0.4, -0.2) is 17.0 Å². The number of carbonyl (C=O) groups excluding carboxylic acids is 1. The molecule has 2 bridgehead atoms. The van der Waals surface area contributed by atoms with Gasteiger partial charge in [-0.25, -0.2) is 0 Å². The molecule has 0 heterocycles. The van der Waals surface area contributed by atoms with Crippen LogP contribution in [0.4, 0.5) is 0 Å². The fourth-order valence-electron chi connectivity index (χ4n) is 7.33. The average Bonchev–Trinajstić information content (AvgIpc) is 2.65. The van der Waals surface area contributed by atoms with Gasteiger partial charge in [0.15, 0.2) is 5.78 Å². The third-order valence-electron chi connectivity index (χ3n) is 8.50. The first kappa shape index (κ1) is 14.9. The van der Waals surface area contributed by atoms with Crippen molar-refractivity contribution < 1.29 is 9.90 Å². The number of allylic oxidation sites excluding steroid dienone is 1. The van der Waals surface area contributed by atoms with Crippen molar-refractivity contribution in [2.75, 3.05) is 0 Å². The summed E-state index contributed by atoms with van der Waals surface area (Å²) in [6.45, 7) is 11.1. The molecule has 4 rings (SSSR count). The second-order valence-corrected chi connectivity index (χ2v) is 9.51. The number of Topliss-reactive ketones (excluding diaryl/α,β-unsaturated/α-hetero) is 1. The smallest absolute Gasteiger partial charge is 0.165 e. The molecule has 0 saturated heterocycles. The summed E-state index contributed by atoms with van der Waals surface area (Å²) in [5.74, 6) is 1.92. The molecule has 6 atom stereocenters. The maximum atomic E-state index is 13.0. The van der Waals surface area contributed by atoms with Crippen molar-refractivity contribution in [1.29, 1.82) is 0 Å². The summed E-state index contributed by atoms with van der Waals surface area (Å²) < 4.78 is 0. The summed E-state index contributed by atoms with van der Waals surface area (Å²) in [7, 11) is 0. The van der Waals surface area contributed by atoms with Gasteiger partial charge in [0, 0.05) is 5.41 Å². The topological polar surface area (TPSA) is 37.3 Å². The van der Waals surface area contributed by atoms with E-state index in [-0.39, 0.29) is 22.3 Å². The Bertz CT molecular complexity index is 548. The molecule has 1 spiro atoms. The highest BCUT2D eigenvalue weighted by Crippen LogP contribution is 2.70. The lowest BCUT2D eigenvalue weighted by Gasteiger charge is -2.64. The van der Waals surface area contributed by atoms with Crippen LogP contribution in [0, 0.1) is 34.0 Å². The van der Waals surface area contributed by atoms with Crippen molar-refractivity contribution in [1.82, 2.24) is 0 Å². The fourth-order valence-corrected chi connectivity index (χ4v) is 7.33. The molecule has 2 heteroatoms. The Kier molecular flexibility index (Phi) is 2.89. The zero-order valence-corrected chi connectivity index (χ0v) is 14.3.